The second-order valence-corrected chi connectivity index (χ2v) is 6.08. The highest BCUT2D eigenvalue weighted by Gasteiger charge is 2.08. The number of benzene rings is 1. The van der Waals surface area contributed by atoms with Crippen LogP contribution in [-0.4, -0.2) is 14.8 Å². The molecule has 2 N–H and O–H groups in total. The first kappa shape index (κ1) is 13.9. The third kappa shape index (κ3) is 3.73. The SMILES string of the molecule is Cc1ccc(N)cc1SCc1ncnn1CC(C)C. The molecule has 0 atom stereocenters. The van der Waals surface area contributed by atoms with Crippen molar-refractivity contribution in [3.63, 3.8) is 0 Å². The van der Waals surface area contributed by atoms with E-state index in [2.05, 4.69) is 36.9 Å². The fourth-order valence-corrected chi connectivity index (χ4v) is 2.84. The monoisotopic (exact) mass is 276 g/mol. The van der Waals surface area contributed by atoms with Gasteiger partial charge in [0.1, 0.15) is 12.2 Å². The minimum absolute atomic E-state index is 0.569. The summed E-state index contributed by atoms with van der Waals surface area (Å²) in [4.78, 5) is 5.54. The van der Waals surface area contributed by atoms with E-state index in [-0.39, 0.29) is 0 Å². The van der Waals surface area contributed by atoms with Crippen LogP contribution in [0, 0.1) is 12.8 Å². The van der Waals surface area contributed by atoms with Gasteiger partial charge in [0.25, 0.3) is 0 Å². The van der Waals surface area contributed by atoms with Gasteiger partial charge in [-0.15, -0.1) is 11.8 Å². The third-order valence-electron chi connectivity index (χ3n) is 2.80. The Morgan fingerprint density at radius 3 is 2.89 bits per heavy atom. The Labute approximate surface area is 118 Å². The zero-order chi connectivity index (χ0) is 13.8. The maximum absolute atomic E-state index is 5.83. The van der Waals surface area contributed by atoms with Crippen LogP contribution < -0.4 is 5.73 Å². The first-order valence-electron chi connectivity index (χ1n) is 6.42. The van der Waals surface area contributed by atoms with E-state index in [1.807, 2.05) is 16.8 Å². The van der Waals surface area contributed by atoms with E-state index >= 15 is 0 Å². The van der Waals surface area contributed by atoms with Crippen LogP contribution in [-0.2, 0) is 12.3 Å². The molecule has 2 aromatic rings. The van der Waals surface area contributed by atoms with Gasteiger partial charge in [0.15, 0.2) is 0 Å². The Kier molecular flexibility index (Phi) is 4.47. The predicted octanol–water partition coefficient (Wildman–Crippen LogP) is 3.12. The van der Waals surface area contributed by atoms with Crippen LogP contribution in [0.4, 0.5) is 5.69 Å². The standard InChI is InChI=1S/C14H20N4S/c1-10(2)7-18-14(16-9-17-18)8-19-13-6-12(15)5-4-11(13)3/h4-6,9-10H,7-8,15H2,1-3H3. The lowest BCUT2D eigenvalue weighted by molar-refractivity contribution is 0.472. The van der Waals surface area contributed by atoms with Gasteiger partial charge in [0.2, 0.25) is 0 Å². The molecular weight excluding hydrogens is 256 g/mol. The van der Waals surface area contributed by atoms with Gasteiger partial charge in [-0.05, 0) is 30.5 Å². The summed E-state index contributed by atoms with van der Waals surface area (Å²) >= 11 is 1.76. The number of hydrogen-bond acceptors (Lipinski definition) is 4. The zero-order valence-electron chi connectivity index (χ0n) is 11.6. The smallest absolute Gasteiger partial charge is 0.138 e. The van der Waals surface area contributed by atoms with Gasteiger partial charge >= 0.3 is 0 Å². The molecule has 102 valence electrons. The minimum Gasteiger partial charge on any atom is -0.399 e. The van der Waals surface area contributed by atoms with Crippen LogP contribution >= 0.6 is 11.8 Å². The molecule has 1 heterocycles. The van der Waals surface area contributed by atoms with Crippen molar-refractivity contribution in [2.75, 3.05) is 5.73 Å². The molecule has 19 heavy (non-hydrogen) atoms. The van der Waals surface area contributed by atoms with Crippen molar-refractivity contribution < 1.29 is 0 Å². The maximum atomic E-state index is 5.83. The van der Waals surface area contributed by atoms with E-state index in [9.17, 15) is 0 Å². The van der Waals surface area contributed by atoms with Crippen LogP contribution in [0.1, 0.15) is 25.2 Å². The highest BCUT2D eigenvalue weighted by Crippen LogP contribution is 2.27. The average Bonchev–Trinajstić information content (AvgIpc) is 2.77. The van der Waals surface area contributed by atoms with Gasteiger partial charge in [-0.3, -0.25) is 0 Å². The van der Waals surface area contributed by atoms with Crippen LogP contribution in [0.15, 0.2) is 29.4 Å². The summed E-state index contributed by atoms with van der Waals surface area (Å²) in [7, 11) is 0. The molecule has 0 aliphatic heterocycles. The third-order valence-corrected chi connectivity index (χ3v) is 3.96. The zero-order valence-corrected chi connectivity index (χ0v) is 12.4. The number of aromatic nitrogens is 3. The Bertz CT molecular complexity index is 548. The second kappa shape index (κ2) is 6.10. The predicted molar refractivity (Wildman–Crippen MR) is 80.0 cm³/mol. The van der Waals surface area contributed by atoms with E-state index < -0.39 is 0 Å². The summed E-state index contributed by atoms with van der Waals surface area (Å²) in [6, 6.07) is 6.00. The number of anilines is 1. The van der Waals surface area contributed by atoms with Gasteiger partial charge in [-0.1, -0.05) is 19.9 Å². The van der Waals surface area contributed by atoms with E-state index in [4.69, 9.17) is 5.73 Å². The van der Waals surface area contributed by atoms with E-state index in [0.717, 1.165) is 23.8 Å². The number of nitrogens with zero attached hydrogens (tertiary/aromatic N) is 3. The summed E-state index contributed by atoms with van der Waals surface area (Å²) in [6.45, 7) is 7.37. The topological polar surface area (TPSA) is 56.7 Å². The molecule has 1 aromatic heterocycles. The molecule has 5 heteroatoms. The number of thioether (sulfide) groups is 1. The first-order valence-corrected chi connectivity index (χ1v) is 7.40. The highest BCUT2D eigenvalue weighted by molar-refractivity contribution is 7.98. The van der Waals surface area contributed by atoms with Crippen LogP contribution in [0.5, 0.6) is 0 Å². The molecule has 0 spiro atoms. The Hall–Kier alpha value is -1.49. The summed E-state index contributed by atoms with van der Waals surface area (Å²) in [5.74, 6) is 2.40. The molecule has 2 rings (SSSR count). The lowest BCUT2D eigenvalue weighted by Gasteiger charge is -2.09. The van der Waals surface area contributed by atoms with Crippen LogP contribution in [0.3, 0.4) is 0 Å². The largest absolute Gasteiger partial charge is 0.399 e. The minimum atomic E-state index is 0.569. The van der Waals surface area contributed by atoms with Crippen molar-refractivity contribution in [3.05, 3.63) is 35.9 Å². The van der Waals surface area contributed by atoms with Gasteiger partial charge < -0.3 is 5.73 Å². The van der Waals surface area contributed by atoms with Crippen LogP contribution in [0.2, 0.25) is 0 Å². The van der Waals surface area contributed by atoms with Crippen molar-refractivity contribution in [1.29, 1.82) is 0 Å². The average molecular weight is 276 g/mol. The molecular formula is C14H20N4S. The van der Waals surface area contributed by atoms with Gasteiger partial charge in [0.05, 0.1) is 5.75 Å². The molecule has 0 saturated carbocycles. The van der Waals surface area contributed by atoms with Crippen molar-refractivity contribution in [2.45, 2.75) is 38.0 Å². The number of nitrogens with two attached hydrogens (primary N) is 1. The fourth-order valence-electron chi connectivity index (χ4n) is 1.81. The number of aryl methyl sites for hydroxylation is 1. The van der Waals surface area contributed by atoms with E-state index in [0.29, 0.717) is 5.92 Å². The lowest BCUT2D eigenvalue weighted by atomic mass is 10.2. The first-order chi connectivity index (χ1) is 9.06. The van der Waals surface area contributed by atoms with Crippen molar-refractivity contribution in [2.24, 2.45) is 5.92 Å². The lowest BCUT2D eigenvalue weighted by Crippen LogP contribution is -2.09. The van der Waals surface area contributed by atoms with Crippen LogP contribution in [0.25, 0.3) is 0 Å². The molecule has 0 aliphatic carbocycles. The fraction of sp³-hybridized carbons (Fsp3) is 0.429. The molecule has 0 amide bonds. The van der Waals surface area contributed by atoms with E-state index in [1.165, 1.54) is 10.5 Å². The maximum Gasteiger partial charge on any atom is 0.138 e. The molecule has 0 radical (unpaired) electrons. The molecule has 0 aliphatic rings. The molecule has 0 bridgehead atoms. The summed E-state index contributed by atoms with van der Waals surface area (Å²) in [5.41, 5.74) is 7.87. The van der Waals surface area contributed by atoms with E-state index in [1.54, 1.807) is 18.1 Å². The van der Waals surface area contributed by atoms with Gasteiger partial charge in [0, 0.05) is 17.1 Å². The Morgan fingerprint density at radius 2 is 2.16 bits per heavy atom. The number of hydrogen-bond donors (Lipinski definition) is 1. The highest BCUT2D eigenvalue weighted by atomic mass is 32.2. The molecule has 1 aromatic carbocycles. The Morgan fingerprint density at radius 1 is 1.37 bits per heavy atom. The second-order valence-electron chi connectivity index (χ2n) is 5.07. The quantitative estimate of drug-likeness (QED) is 0.673. The van der Waals surface area contributed by atoms with Crippen molar-refractivity contribution in [1.82, 2.24) is 14.8 Å². The normalized spacial score (nSPS) is 11.2. The summed E-state index contributed by atoms with van der Waals surface area (Å²) in [5, 5.41) is 4.28. The van der Waals surface area contributed by atoms with Gasteiger partial charge in [-0.2, -0.15) is 5.10 Å². The summed E-state index contributed by atoms with van der Waals surface area (Å²) < 4.78 is 1.99. The van der Waals surface area contributed by atoms with Gasteiger partial charge in [-0.25, -0.2) is 9.67 Å². The molecule has 0 saturated heterocycles. The summed E-state index contributed by atoms with van der Waals surface area (Å²) in [6.07, 6.45) is 1.63. The number of nitrogen functional groups attached to an aromatic ring is 1. The molecule has 0 fully saturated rings. The van der Waals surface area contributed by atoms with Crippen molar-refractivity contribution in [3.8, 4) is 0 Å². The molecule has 4 nitrogen and oxygen atoms in total. The molecule has 0 unspecified atom stereocenters. The number of rotatable bonds is 5. The Balaban J connectivity index is 2.06. The van der Waals surface area contributed by atoms with Crippen molar-refractivity contribution >= 4 is 17.4 Å².